The van der Waals surface area contributed by atoms with Gasteiger partial charge in [0.15, 0.2) is 0 Å². The average molecular weight is 247 g/mol. The van der Waals surface area contributed by atoms with Crippen LogP contribution in [0.3, 0.4) is 0 Å². The number of hydrogen-bond acceptors (Lipinski definition) is 3. The van der Waals surface area contributed by atoms with E-state index in [0.717, 1.165) is 17.3 Å². The van der Waals surface area contributed by atoms with Gasteiger partial charge in [-0.1, -0.05) is 19.1 Å². The third-order valence-electron chi connectivity index (χ3n) is 2.73. The van der Waals surface area contributed by atoms with E-state index in [9.17, 15) is 0 Å². The van der Waals surface area contributed by atoms with Crippen LogP contribution in [0.25, 0.3) is 11.3 Å². The molecular formula is C13H17N3S. The van der Waals surface area contributed by atoms with Gasteiger partial charge in [-0.2, -0.15) is 0 Å². The van der Waals surface area contributed by atoms with Crippen molar-refractivity contribution in [2.24, 2.45) is 12.8 Å². The molecule has 4 heteroatoms. The number of nitrogens with two attached hydrogens (primary N) is 1. The third-order valence-corrected chi connectivity index (χ3v) is 3.62. The van der Waals surface area contributed by atoms with Crippen molar-refractivity contribution in [2.45, 2.75) is 18.4 Å². The number of aromatic nitrogens is 2. The highest BCUT2D eigenvalue weighted by Gasteiger charge is 2.06. The summed E-state index contributed by atoms with van der Waals surface area (Å²) >= 11 is 1.85. The van der Waals surface area contributed by atoms with Gasteiger partial charge in [0.1, 0.15) is 5.82 Å². The number of rotatable bonds is 4. The molecule has 0 spiro atoms. The molecule has 3 nitrogen and oxygen atoms in total. The van der Waals surface area contributed by atoms with Gasteiger partial charge in [-0.25, -0.2) is 4.98 Å². The summed E-state index contributed by atoms with van der Waals surface area (Å²) in [6.45, 7) is 2.63. The normalized spacial score (nSPS) is 10.8. The van der Waals surface area contributed by atoms with Crippen LogP contribution in [0.1, 0.15) is 12.7 Å². The molecule has 2 aromatic rings. The van der Waals surface area contributed by atoms with Gasteiger partial charge in [-0.3, -0.25) is 0 Å². The number of nitrogens with zero attached hydrogens (tertiary/aromatic N) is 2. The summed E-state index contributed by atoms with van der Waals surface area (Å²) in [6.07, 6.45) is 1.88. The lowest BCUT2D eigenvalue weighted by Gasteiger charge is -2.05. The van der Waals surface area contributed by atoms with E-state index in [0.29, 0.717) is 6.54 Å². The highest BCUT2D eigenvalue weighted by molar-refractivity contribution is 7.99. The lowest BCUT2D eigenvalue weighted by atomic mass is 10.2. The molecule has 0 bridgehead atoms. The number of imidazole rings is 1. The quantitative estimate of drug-likeness (QED) is 0.845. The summed E-state index contributed by atoms with van der Waals surface area (Å²) in [7, 11) is 2.00. The monoisotopic (exact) mass is 247 g/mol. The first-order chi connectivity index (χ1) is 8.26. The first-order valence-electron chi connectivity index (χ1n) is 5.70. The van der Waals surface area contributed by atoms with Gasteiger partial charge in [0, 0.05) is 11.9 Å². The second-order valence-corrected chi connectivity index (χ2v) is 5.12. The Morgan fingerprint density at radius 2 is 2.00 bits per heavy atom. The molecule has 1 aromatic carbocycles. The van der Waals surface area contributed by atoms with Crippen LogP contribution in [-0.4, -0.2) is 15.3 Å². The average Bonchev–Trinajstić information content (AvgIpc) is 2.72. The van der Waals surface area contributed by atoms with E-state index in [1.807, 2.05) is 29.6 Å². The molecule has 0 amide bonds. The molecule has 1 aromatic heterocycles. The molecule has 0 saturated carbocycles. The van der Waals surface area contributed by atoms with Gasteiger partial charge < -0.3 is 10.3 Å². The summed E-state index contributed by atoms with van der Waals surface area (Å²) in [6, 6.07) is 8.57. The van der Waals surface area contributed by atoms with Crippen LogP contribution in [0, 0.1) is 0 Å². The minimum atomic E-state index is 0.472. The van der Waals surface area contributed by atoms with Crippen LogP contribution in [-0.2, 0) is 13.6 Å². The van der Waals surface area contributed by atoms with Crippen molar-refractivity contribution >= 4 is 11.8 Å². The Morgan fingerprint density at radius 1 is 1.29 bits per heavy atom. The fourth-order valence-electron chi connectivity index (χ4n) is 1.79. The second kappa shape index (κ2) is 5.38. The topological polar surface area (TPSA) is 43.8 Å². The SMILES string of the molecule is CCSc1ccc(-c2cnc(CN)n2C)cc1. The standard InChI is InChI=1S/C13H17N3S/c1-3-17-11-6-4-10(5-7-11)12-9-15-13(8-14)16(12)2/h4-7,9H,3,8,14H2,1-2H3. The molecule has 0 radical (unpaired) electrons. The number of thioether (sulfide) groups is 1. The van der Waals surface area contributed by atoms with Crippen molar-refractivity contribution < 1.29 is 0 Å². The first kappa shape index (κ1) is 12.2. The molecule has 90 valence electrons. The largest absolute Gasteiger partial charge is 0.330 e. The molecule has 0 aliphatic rings. The molecular weight excluding hydrogens is 230 g/mol. The van der Waals surface area contributed by atoms with E-state index in [1.54, 1.807) is 0 Å². The van der Waals surface area contributed by atoms with Crippen LogP contribution >= 0.6 is 11.8 Å². The fourth-order valence-corrected chi connectivity index (χ4v) is 2.46. The molecule has 0 unspecified atom stereocenters. The molecule has 0 fully saturated rings. The smallest absolute Gasteiger partial charge is 0.122 e. The van der Waals surface area contributed by atoms with Crippen LogP contribution in [0.5, 0.6) is 0 Å². The molecule has 0 saturated heterocycles. The van der Waals surface area contributed by atoms with Crippen LogP contribution in [0.2, 0.25) is 0 Å². The lowest BCUT2D eigenvalue weighted by Crippen LogP contribution is -2.05. The van der Waals surface area contributed by atoms with Gasteiger partial charge in [0.25, 0.3) is 0 Å². The van der Waals surface area contributed by atoms with Crippen LogP contribution in [0.4, 0.5) is 0 Å². The van der Waals surface area contributed by atoms with E-state index >= 15 is 0 Å². The van der Waals surface area contributed by atoms with E-state index in [2.05, 4.69) is 36.2 Å². The van der Waals surface area contributed by atoms with Gasteiger partial charge in [-0.05, 0) is 23.4 Å². The van der Waals surface area contributed by atoms with E-state index in [1.165, 1.54) is 10.5 Å². The van der Waals surface area contributed by atoms with Gasteiger partial charge >= 0.3 is 0 Å². The fraction of sp³-hybridized carbons (Fsp3) is 0.308. The number of benzene rings is 1. The molecule has 2 N–H and O–H groups in total. The maximum Gasteiger partial charge on any atom is 0.122 e. The zero-order chi connectivity index (χ0) is 12.3. The highest BCUT2D eigenvalue weighted by Crippen LogP contribution is 2.24. The summed E-state index contributed by atoms with van der Waals surface area (Å²) in [4.78, 5) is 5.61. The first-order valence-corrected chi connectivity index (χ1v) is 6.68. The Labute approximate surface area is 106 Å². The Balaban J connectivity index is 2.30. The molecule has 0 aliphatic heterocycles. The van der Waals surface area contributed by atoms with Crippen molar-refractivity contribution in [1.29, 1.82) is 0 Å². The Morgan fingerprint density at radius 3 is 2.53 bits per heavy atom. The van der Waals surface area contributed by atoms with Crippen LogP contribution in [0.15, 0.2) is 35.4 Å². The molecule has 1 heterocycles. The summed E-state index contributed by atoms with van der Waals surface area (Å²) in [5, 5.41) is 0. The molecule has 2 rings (SSSR count). The predicted molar refractivity (Wildman–Crippen MR) is 72.9 cm³/mol. The number of hydrogen-bond donors (Lipinski definition) is 1. The maximum absolute atomic E-state index is 5.62. The van der Waals surface area contributed by atoms with E-state index < -0.39 is 0 Å². The minimum Gasteiger partial charge on any atom is -0.330 e. The van der Waals surface area contributed by atoms with Crippen molar-refractivity contribution in [2.75, 3.05) is 5.75 Å². The lowest BCUT2D eigenvalue weighted by molar-refractivity contribution is 0.799. The van der Waals surface area contributed by atoms with E-state index in [-0.39, 0.29) is 0 Å². The highest BCUT2D eigenvalue weighted by atomic mass is 32.2. The van der Waals surface area contributed by atoms with Gasteiger partial charge in [0.05, 0.1) is 18.4 Å². The Bertz CT molecular complexity index is 488. The van der Waals surface area contributed by atoms with Crippen molar-refractivity contribution in [1.82, 2.24) is 9.55 Å². The zero-order valence-corrected chi connectivity index (χ0v) is 11.0. The van der Waals surface area contributed by atoms with E-state index in [4.69, 9.17) is 5.73 Å². The summed E-state index contributed by atoms with van der Waals surface area (Å²) in [5.41, 5.74) is 7.91. The predicted octanol–water partition coefficient (Wildman–Crippen LogP) is 2.66. The maximum atomic E-state index is 5.62. The Hall–Kier alpha value is -1.26. The van der Waals surface area contributed by atoms with Crippen molar-refractivity contribution in [3.63, 3.8) is 0 Å². The molecule has 17 heavy (non-hydrogen) atoms. The molecule has 0 atom stereocenters. The third kappa shape index (κ3) is 2.53. The summed E-state index contributed by atoms with van der Waals surface area (Å²) < 4.78 is 2.04. The van der Waals surface area contributed by atoms with Gasteiger partial charge in [-0.15, -0.1) is 11.8 Å². The van der Waals surface area contributed by atoms with Gasteiger partial charge in [0.2, 0.25) is 0 Å². The summed E-state index contributed by atoms with van der Waals surface area (Å²) in [5.74, 6) is 2.01. The van der Waals surface area contributed by atoms with Crippen LogP contribution < -0.4 is 5.73 Å². The Kier molecular flexibility index (Phi) is 3.86. The van der Waals surface area contributed by atoms with Crippen molar-refractivity contribution in [3.05, 3.63) is 36.3 Å². The minimum absolute atomic E-state index is 0.472. The second-order valence-electron chi connectivity index (χ2n) is 3.78. The molecule has 0 aliphatic carbocycles. The van der Waals surface area contributed by atoms with Crippen molar-refractivity contribution in [3.8, 4) is 11.3 Å². The zero-order valence-electron chi connectivity index (χ0n) is 10.2.